The van der Waals surface area contributed by atoms with Gasteiger partial charge < -0.3 is 19.9 Å². The van der Waals surface area contributed by atoms with Gasteiger partial charge in [-0.05, 0) is 40.0 Å². The van der Waals surface area contributed by atoms with Crippen molar-refractivity contribution >= 4 is 17.4 Å². The van der Waals surface area contributed by atoms with Crippen LogP contribution in [0.2, 0.25) is 0 Å². The average Bonchev–Trinajstić information content (AvgIpc) is 2.83. The van der Waals surface area contributed by atoms with Crippen LogP contribution in [0.3, 0.4) is 0 Å². The minimum Gasteiger partial charge on any atom is -0.444 e. The molecule has 0 saturated carbocycles. The third kappa shape index (κ3) is 5.14. The Bertz CT molecular complexity index is 547. The Labute approximate surface area is 134 Å². The normalized spacial score (nSPS) is 19.2. The second kappa shape index (κ2) is 7.28. The number of H-pyrrole nitrogens is 1. The fourth-order valence-electron chi connectivity index (χ4n) is 2.55. The summed E-state index contributed by atoms with van der Waals surface area (Å²) in [6.07, 6.45) is 2.89. The average molecular weight is 327 g/mol. The van der Waals surface area contributed by atoms with E-state index in [1.54, 1.807) is 0 Å². The molecule has 1 aliphatic heterocycles. The van der Waals surface area contributed by atoms with E-state index in [0.29, 0.717) is 13.1 Å². The Hall–Kier alpha value is -1.34. The van der Waals surface area contributed by atoms with E-state index in [2.05, 4.69) is 10.3 Å². The van der Waals surface area contributed by atoms with Gasteiger partial charge in [0.15, 0.2) is 0 Å². The van der Waals surface area contributed by atoms with Gasteiger partial charge in [0.2, 0.25) is 0 Å². The molecule has 1 fully saturated rings. The highest BCUT2D eigenvalue weighted by Crippen LogP contribution is 2.20. The summed E-state index contributed by atoms with van der Waals surface area (Å²) in [6.45, 7) is 7.71. The summed E-state index contributed by atoms with van der Waals surface area (Å²) >= 11 is 1.17. The Morgan fingerprint density at radius 1 is 1.50 bits per heavy atom. The van der Waals surface area contributed by atoms with Crippen LogP contribution in [-0.2, 0) is 11.3 Å². The molecule has 1 unspecified atom stereocenters. The van der Waals surface area contributed by atoms with Gasteiger partial charge in [-0.15, -0.1) is 0 Å². The van der Waals surface area contributed by atoms with Gasteiger partial charge in [0.05, 0.1) is 0 Å². The summed E-state index contributed by atoms with van der Waals surface area (Å²) in [6, 6.07) is 0.147. The number of hydrogen-bond acceptors (Lipinski definition) is 5. The van der Waals surface area contributed by atoms with Crippen molar-refractivity contribution in [1.29, 1.82) is 0 Å². The van der Waals surface area contributed by atoms with Crippen LogP contribution in [-0.4, -0.2) is 40.7 Å². The Kier molecular flexibility index (Phi) is 5.63. The number of carbonyl (C=O) groups excluding carboxylic acids is 1. The minimum atomic E-state index is -0.470. The third-order valence-corrected chi connectivity index (χ3v) is 4.24. The number of nitrogens with one attached hydrogen (secondary N) is 2. The monoisotopic (exact) mass is 327 g/mol. The summed E-state index contributed by atoms with van der Waals surface area (Å²) in [4.78, 5) is 28.0. The molecular weight excluding hydrogens is 302 g/mol. The molecular formula is C15H25N3O3S. The quantitative estimate of drug-likeness (QED) is 0.890. The summed E-state index contributed by atoms with van der Waals surface area (Å²) in [7, 11) is 0. The van der Waals surface area contributed by atoms with Crippen molar-refractivity contribution < 1.29 is 9.53 Å². The SMILES string of the molecule is CC(C)(C)OC(=O)N1CCCCC1CNCc1csc(=O)[nH]1. The van der Waals surface area contributed by atoms with E-state index in [-0.39, 0.29) is 17.0 Å². The Morgan fingerprint density at radius 2 is 2.27 bits per heavy atom. The van der Waals surface area contributed by atoms with Crippen molar-refractivity contribution in [3.8, 4) is 0 Å². The Balaban J connectivity index is 1.86. The number of thiazole rings is 1. The maximum atomic E-state index is 12.3. The number of aromatic amines is 1. The zero-order valence-corrected chi connectivity index (χ0v) is 14.3. The third-order valence-electron chi connectivity index (χ3n) is 3.52. The predicted octanol–water partition coefficient (Wildman–Crippen LogP) is 2.32. The lowest BCUT2D eigenvalue weighted by molar-refractivity contribution is 0.00993. The number of hydrogen-bond donors (Lipinski definition) is 2. The van der Waals surface area contributed by atoms with Crippen LogP contribution in [0.1, 0.15) is 45.7 Å². The standard InChI is InChI=1S/C15H25N3O3S/c1-15(2,3)21-14(20)18-7-5-4-6-12(18)9-16-8-11-10-22-13(19)17-11/h10,12,16H,4-9H2,1-3H3,(H,17,19). The lowest BCUT2D eigenvalue weighted by atomic mass is 10.0. The largest absolute Gasteiger partial charge is 0.444 e. The molecule has 1 aromatic rings. The van der Waals surface area contributed by atoms with E-state index in [4.69, 9.17) is 4.74 Å². The molecule has 0 aromatic carbocycles. The molecule has 124 valence electrons. The summed E-state index contributed by atoms with van der Waals surface area (Å²) in [5.74, 6) is 0. The zero-order chi connectivity index (χ0) is 16.2. The Morgan fingerprint density at radius 3 is 2.91 bits per heavy atom. The molecule has 6 nitrogen and oxygen atoms in total. The lowest BCUT2D eigenvalue weighted by Crippen LogP contribution is -2.50. The number of rotatable bonds is 4. The van der Waals surface area contributed by atoms with Crippen molar-refractivity contribution in [2.75, 3.05) is 13.1 Å². The molecule has 0 radical (unpaired) electrons. The number of carbonyl (C=O) groups is 1. The highest BCUT2D eigenvalue weighted by molar-refractivity contribution is 7.07. The van der Waals surface area contributed by atoms with Gasteiger partial charge in [-0.3, -0.25) is 4.79 Å². The van der Waals surface area contributed by atoms with Gasteiger partial charge >= 0.3 is 11.0 Å². The van der Waals surface area contributed by atoms with Gasteiger partial charge in [-0.2, -0.15) is 0 Å². The van der Waals surface area contributed by atoms with Crippen LogP contribution in [0.4, 0.5) is 4.79 Å². The zero-order valence-electron chi connectivity index (χ0n) is 13.5. The fraction of sp³-hybridized carbons (Fsp3) is 0.733. The molecule has 0 spiro atoms. The van der Waals surface area contributed by atoms with E-state index < -0.39 is 5.60 Å². The molecule has 1 amide bonds. The van der Waals surface area contributed by atoms with Crippen molar-refractivity contribution in [2.24, 2.45) is 0 Å². The molecule has 1 saturated heterocycles. The highest BCUT2D eigenvalue weighted by atomic mass is 32.1. The molecule has 7 heteroatoms. The van der Waals surface area contributed by atoms with Crippen molar-refractivity contribution in [3.05, 3.63) is 20.7 Å². The van der Waals surface area contributed by atoms with Crippen LogP contribution >= 0.6 is 11.3 Å². The first-order valence-corrected chi connectivity index (χ1v) is 8.60. The number of ether oxygens (including phenoxy) is 1. The van der Waals surface area contributed by atoms with Crippen LogP contribution < -0.4 is 10.2 Å². The van der Waals surface area contributed by atoms with Gasteiger partial charge in [0.25, 0.3) is 0 Å². The van der Waals surface area contributed by atoms with Crippen molar-refractivity contribution in [2.45, 2.75) is 58.2 Å². The summed E-state index contributed by atoms with van der Waals surface area (Å²) in [5, 5.41) is 5.14. The van der Waals surface area contributed by atoms with Crippen LogP contribution in [0, 0.1) is 0 Å². The second-order valence-corrected chi connectivity index (χ2v) is 7.47. The number of likely N-dealkylation sites (tertiary alicyclic amines) is 1. The lowest BCUT2D eigenvalue weighted by Gasteiger charge is -2.36. The summed E-state index contributed by atoms with van der Waals surface area (Å²) < 4.78 is 5.49. The molecule has 0 bridgehead atoms. The number of nitrogens with zero attached hydrogens (tertiary/aromatic N) is 1. The van der Waals surface area contributed by atoms with E-state index in [1.807, 2.05) is 31.1 Å². The van der Waals surface area contributed by atoms with Gasteiger partial charge in [0.1, 0.15) is 5.60 Å². The first-order valence-electron chi connectivity index (χ1n) is 7.72. The van der Waals surface area contributed by atoms with Crippen LogP contribution in [0.5, 0.6) is 0 Å². The molecule has 2 heterocycles. The maximum Gasteiger partial charge on any atom is 0.410 e. The first-order chi connectivity index (χ1) is 10.3. The molecule has 1 atom stereocenters. The van der Waals surface area contributed by atoms with Crippen molar-refractivity contribution in [3.63, 3.8) is 0 Å². The molecule has 1 aromatic heterocycles. The molecule has 2 N–H and O–H groups in total. The van der Waals surface area contributed by atoms with E-state index >= 15 is 0 Å². The fourth-order valence-corrected chi connectivity index (χ4v) is 3.13. The maximum absolute atomic E-state index is 12.3. The molecule has 2 rings (SSSR count). The topological polar surface area (TPSA) is 74.4 Å². The summed E-state index contributed by atoms with van der Waals surface area (Å²) in [5.41, 5.74) is 0.414. The minimum absolute atomic E-state index is 0.0372. The van der Waals surface area contributed by atoms with Gasteiger partial charge in [0, 0.05) is 36.8 Å². The number of aromatic nitrogens is 1. The smallest absolute Gasteiger partial charge is 0.410 e. The molecule has 1 aliphatic rings. The highest BCUT2D eigenvalue weighted by Gasteiger charge is 2.30. The predicted molar refractivity (Wildman–Crippen MR) is 87.2 cm³/mol. The number of amides is 1. The van der Waals surface area contributed by atoms with Crippen molar-refractivity contribution in [1.82, 2.24) is 15.2 Å². The van der Waals surface area contributed by atoms with E-state index in [1.165, 1.54) is 11.3 Å². The van der Waals surface area contributed by atoms with Crippen LogP contribution in [0.15, 0.2) is 10.2 Å². The van der Waals surface area contributed by atoms with Gasteiger partial charge in [-0.25, -0.2) is 4.79 Å². The van der Waals surface area contributed by atoms with E-state index in [9.17, 15) is 9.59 Å². The number of piperidine rings is 1. The molecule has 22 heavy (non-hydrogen) atoms. The molecule has 0 aliphatic carbocycles. The van der Waals surface area contributed by atoms with Gasteiger partial charge in [-0.1, -0.05) is 11.3 Å². The first kappa shape index (κ1) is 17.0. The van der Waals surface area contributed by atoms with Crippen LogP contribution in [0.25, 0.3) is 0 Å². The second-order valence-electron chi connectivity index (χ2n) is 6.63. The van der Waals surface area contributed by atoms with E-state index in [0.717, 1.165) is 31.5 Å².